The molecule has 5 aromatic heterocycles. The van der Waals surface area contributed by atoms with Crippen molar-refractivity contribution in [3.63, 3.8) is 0 Å². The number of esters is 4. The van der Waals surface area contributed by atoms with E-state index in [0.717, 1.165) is 104 Å². The minimum Gasteiger partial charge on any atom is -0.469 e. The number of rotatable bonds is 24. The Kier molecular flexibility index (Phi) is 33.7. The lowest BCUT2D eigenvalue weighted by Crippen LogP contribution is -2.44. The quantitative estimate of drug-likeness (QED) is 0.0333. The summed E-state index contributed by atoms with van der Waals surface area (Å²) < 4.78 is 61.1. The fourth-order valence-corrected chi connectivity index (χ4v) is 18.1. The van der Waals surface area contributed by atoms with E-state index in [1.54, 1.807) is 24.8 Å². The maximum Gasteiger partial charge on any atom is 0.397 e. The van der Waals surface area contributed by atoms with Crippen molar-refractivity contribution in [3.8, 4) is 5.69 Å². The molecule has 6 aliphatic heterocycles. The van der Waals surface area contributed by atoms with Crippen molar-refractivity contribution >= 4 is 147 Å². The number of halogens is 4. The number of ether oxygens (including phenoxy) is 6. The second-order valence-corrected chi connectivity index (χ2v) is 34.7. The topological polar surface area (TPSA) is 350 Å². The summed E-state index contributed by atoms with van der Waals surface area (Å²) in [5.74, 6) is 0.496. The molecule has 5 atom stereocenters. The highest BCUT2D eigenvalue weighted by molar-refractivity contribution is 9.11. The van der Waals surface area contributed by atoms with Crippen LogP contribution in [0.3, 0.4) is 0 Å². The summed E-state index contributed by atoms with van der Waals surface area (Å²) in [5, 5.41) is 18.9. The third kappa shape index (κ3) is 24.1. The molecule has 29 nitrogen and oxygen atoms in total. The molecule has 0 amide bonds. The maximum absolute atomic E-state index is 14.8. The second kappa shape index (κ2) is 45.0. The van der Waals surface area contributed by atoms with Crippen LogP contribution in [0.1, 0.15) is 153 Å². The molecule has 1 N–H and O–H groups in total. The molecule has 15 rings (SSSR count). The monoisotopic (exact) mass is 1940 g/mol. The van der Waals surface area contributed by atoms with Crippen LogP contribution in [0.2, 0.25) is 0 Å². The van der Waals surface area contributed by atoms with Gasteiger partial charge in [0.1, 0.15) is 23.9 Å². The largest absolute Gasteiger partial charge is 0.469 e. The first-order valence-electron chi connectivity index (χ1n) is 40.4. The van der Waals surface area contributed by atoms with Crippen molar-refractivity contribution in [2.45, 2.75) is 128 Å². The van der Waals surface area contributed by atoms with E-state index in [0.29, 0.717) is 120 Å². The number of Topliss-reactive ketones (excluding diaryl/α,β-unsaturated/α-hetero) is 1. The van der Waals surface area contributed by atoms with E-state index < -0.39 is 19.8 Å². The number of nitrogens with zero attached hydrogens (tertiary/aromatic N) is 15. The van der Waals surface area contributed by atoms with Crippen LogP contribution in [-0.2, 0) is 74.3 Å². The van der Waals surface area contributed by atoms with Gasteiger partial charge in [0.2, 0.25) is 5.90 Å². The van der Waals surface area contributed by atoms with E-state index in [1.165, 1.54) is 28.4 Å². The predicted octanol–water partition coefficient (Wildman–Crippen LogP) is 15.4. The van der Waals surface area contributed by atoms with Gasteiger partial charge in [-0.15, -0.1) is 10.2 Å². The van der Waals surface area contributed by atoms with Gasteiger partial charge in [0, 0.05) is 135 Å². The molecule has 0 saturated carbocycles. The van der Waals surface area contributed by atoms with Gasteiger partial charge in [-0.25, -0.2) is 18.9 Å². The molecule has 0 bridgehead atoms. The van der Waals surface area contributed by atoms with Gasteiger partial charge in [0.15, 0.2) is 11.6 Å². The molecule has 34 heteroatoms. The summed E-state index contributed by atoms with van der Waals surface area (Å²) in [4.78, 5) is 107. The predicted molar refractivity (Wildman–Crippen MR) is 481 cm³/mol. The summed E-state index contributed by atoms with van der Waals surface area (Å²) in [6.07, 6.45) is 11.7. The Morgan fingerprint density at radius 1 is 0.496 bits per heavy atom. The Labute approximate surface area is 747 Å². The average Bonchev–Trinajstić information content (AvgIpc) is 1.58. The zero-order valence-corrected chi connectivity index (χ0v) is 76.1. The van der Waals surface area contributed by atoms with Crippen molar-refractivity contribution in [2.75, 3.05) is 81.0 Å². The van der Waals surface area contributed by atoms with E-state index in [2.05, 4.69) is 103 Å². The lowest BCUT2D eigenvalue weighted by molar-refractivity contribution is -0.141. The first-order valence-corrected chi connectivity index (χ1v) is 45.1. The SMILES string of the molecule is CCC(O)CCC1=Nc2ccc(Br)cc2C(c2ccccn2)=N[C@H]1CCC(=O)OC.CCc1nnc2n1-c1ccc(Br)cc1C(c1ccccn1)=N[C@H]2CCC(=O)OC.COC(=O)CC[C@@H]1N=C(c2ccccn2)c2cc(Br)ccc2CC1=O.COC(=O)CC[C@@H]1N=C(c2ccccn2)c2cc(Br)ccc2N=C1OP(=O)(N1CCOCC1)N1CCOCC1. The Balaban J connectivity index is 0.000000152. The molecule has 0 spiro atoms. The highest BCUT2D eigenvalue weighted by Gasteiger charge is 2.45. The number of aromatic nitrogens is 7. The van der Waals surface area contributed by atoms with Crippen LogP contribution in [0, 0.1) is 0 Å². The maximum atomic E-state index is 14.8. The van der Waals surface area contributed by atoms with Gasteiger partial charge in [-0.3, -0.25) is 73.4 Å². The molecular weight excluding hydrogens is 1850 g/mol. The Morgan fingerprint density at radius 3 is 1.37 bits per heavy atom. The van der Waals surface area contributed by atoms with Crippen molar-refractivity contribution in [1.82, 2.24) is 44.0 Å². The first-order chi connectivity index (χ1) is 59.7. The number of fused-ring (bicyclic) bond motifs is 6. The number of aryl methyl sites for hydroxylation is 1. The Morgan fingerprint density at radius 2 is 0.902 bits per heavy atom. The minimum absolute atomic E-state index is 0.00148. The van der Waals surface area contributed by atoms with E-state index >= 15 is 0 Å². The van der Waals surface area contributed by atoms with Crippen LogP contribution in [0.25, 0.3) is 5.69 Å². The third-order valence-corrected chi connectivity index (χ3v) is 25.4. The fraction of sp³-hybridized carbons (Fsp3) is 0.360. The Hall–Kier alpha value is -10.1. The van der Waals surface area contributed by atoms with Crippen LogP contribution < -0.4 is 0 Å². The molecule has 0 radical (unpaired) electrons. The van der Waals surface area contributed by atoms with Crippen molar-refractivity contribution in [3.05, 3.63) is 251 Å². The lowest BCUT2D eigenvalue weighted by atomic mass is 9.97. The number of pyridine rings is 4. The number of benzene rings is 4. The summed E-state index contributed by atoms with van der Waals surface area (Å²) >= 11 is 14.2. The van der Waals surface area contributed by atoms with Crippen LogP contribution in [0.4, 0.5) is 11.4 Å². The molecule has 1 unspecified atom stereocenters. The molecule has 0 aliphatic carbocycles. The van der Waals surface area contributed by atoms with E-state index in [-0.39, 0.29) is 92.3 Å². The first kappa shape index (κ1) is 92.1. The number of aliphatic imine (C=N–C) groups is 6. The van der Waals surface area contributed by atoms with Gasteiger partial charge in [-0.1, -0.05) is 108 Å². The van der Waals surface area contributed by atoms with E-state index in [9.17, 15) is 33.6 Å². The smallest absolute Gasteiger partial charge is 0.397 e. The molecule has 642 valence electrons. The fourth-order valence-electron chi connectivity index (χ4n) is 14.3. The zero-order chi connectivity index (χ0) is 86.9. The Bertz CT molecular complexity index is 5440. The number of ketones is 1. The number of morpholine rings is 2. The number of aliphatic hydroxyl groups is 1. The van der Waals surface area contributed by atoms with Crippen LogP contribution in [0.15, 0.2) is 218 Å². The van der Waals surface area contributed by atoms with Crippen LogP contribution >= 0.6 is 71.4 Å². The van der Waals surface area contributed by atoms with Gasteiger partial charge >= 0.3 is 31.5 Å². The summed E-state index contributed by atoms with van der Waals surface area (Å²) in [6.45, 7) is 7.65. The van der Waals surface area contributed by atoms with E-state index in [4.69, 9.17) is 58.2 Å². The number of carbonyl (C=O) groups excluding carboxylic acids is 5. The number of carbonyl (C=O) groups is 5. The van der Waals surface area contributed by atoms with Crippen molar-refractivity contribution in [2.24, 2.45) is 30.0 Å². The average molecular weight is 1950 g/mol. The van der Waals surface area contributed by atoms with Crippen LogP contribution in [-0.4, -0.2) is 219 Å². The normalized spacial score (nSPS) is 17.6. The van der Waals surface area contributed by atoms with E-state index in [1.807, 2.05) is 169 Å². The highest BCUT2D eigenvalue weighted by Crippen LogP contribution is 2.56. The third-order valence-electron chi connectivity index (χ3n) is 20.8. The van der Waals surface area contributed by atoms with Crippen LogP contribution in [0.5, 0.6) is 0 Å². The highest BCUT2D eigenvalue weighted by atomic mass is 79.9. The number of methoxy groups -OCH3 is 4. The molecular formula is C89H94Br4N15O14P. The summed E-state index contributed by atoms with van der Waals surface area (Å²) in [5.41, 5.74) is 13.3. The molecule has 2 fully saturated rings. The van der Waals surface area contributed by atoms with Crippen molar-refractivity contribution in [1.29, 1.82) is 0 Å². The van der Waals surface area contributed by atoms with Gasteiger partial charge < -0.3 is 38.1 Å². The minimum atomic E-state index is -3.60. The standard InChI is InChI=1S/C26H31BrN5O6P.C23H26BrN3O3.C21H20BrN5O2.C19H17BrN2O3/c1-35-24(33)8-7-23-26(38-39(34,31-10-14-36-15-11-31)32-12-16-37-17-13-32)30-21-6-5-19(27)18-20(21)25(29-23)22-4-2-3-9-28-22;1-3-16(28)8-10-19-20(11-12-22(29)30-2)27-23(21-6-4-5-13-25-21)17-14-15(24)7-9-18(17)26-19;1-3-18-25-26-21-16(8-10-19(28)29-2)24-20(15-6-4-5-11-23-15)14-12-13(22)7-9-17(14)27(18)21;1-25-18(24)8-7-15-17(23)10-12-5-6-13(20)11-14(12)19(22-15)16-4-2-3-9-21-16/h2-6,9,18,23H,7-8,10-17H2,1H3;4-7,9,13-14,16,20,28H,3,8,10-12H2,1-2H3;4-7,9,11-12,16H,3,8,10H2,1-2H3;2-6,9,11,15H,7-8,10H2,1H3/t23-;16?,20-;16-;15-/m0000/s1. The number of aliphatic hydroxyl groups excluding tert-OH is 1. The molecule has 6 aliphatic rings. The second-order valence-electron chi connectivity index (χ2n) is 28.8. The molecule has 4 aromatic carbocycles. The molecule has 2 saturated heterocycles. The zero-order valence-electron chi connectivity index (χ0n) is 68.8. The summed E-state index contributed by atoms with van der Waals surface area (Å²) in [6, 6.07) is 44.2. The van der Waals surface area contributed by atoms with Gasteiger partial charge in [-0.05, 0) is 166 Å². The molecule has 11 heterocycles. The summed E-state index contributed by atoms with van der Waals surface area (Å²) in [7, 11) is 1.87. The van der Waals surface area contributed by atoms with Gasteiger partial charge in [0.25, 0.3) is 0 Å². The number of hydrogen-bond donors (Lipinski definition) is 1. The number of hydrogen-bond acceptors (Lipinski definition) is 26. The molecule has 9 aromatic rings. The van der Waals surface area contributed by atoms with Gasteiger partial charge in [-0.2, -0.15) is 0 Å². The lowest BCUT2D eigenvalue weighted by Gasteiger charge is -2.41. The molecule has 123 heavy (non-hydrogen) atoms. The van der Waals surface area contributed by atoms with Crippen molar-refractivity contribution < 1.29 is 66.6 Å². The van der Waals surface area contributed by atoms with Gasteiger partial charge in [0.05, 0.1) is 130 Å².